The molecule has 0 aromatic carbocycles. The van der Waals surface area contributed by atoms with Crippen molar-refractivity contribution in [1.82, 2.24) is 15.5 Å². The lowest BCUT2D eigenvalue weighted by Gasteiger charge is -2.13. The Morgan fingerprint density at radius 1 is 1.53 bits per heavy atom. The molecule has 4 nitrogen and oxygen atoms in total. The molecule has 0 bridgehead atoms. The SMILES string of the molecule is CNC1CSCC1c1nc(CSC(C)C)no1. The van der Waals surface area contributed by atoms with E-state index in [2.05, 4.69) is 29.3 Å². The zero-order chi connectivity index (χ0) is 12.3. The number of aromatic nitrogens is 2. The van der Waals surface area contributed by atoms with Crippen LogP contribution < -0.4 is 5.32 Å². The van der Waals surface area contributed by atoms with Crippen molar-refractivity contribution >= 4 is 23.5 Å². The van der Waals surface area contributed by atoms with E-state index in [0.717, 1.165) is 29.0 Å². The van der Waals surface area contributed by atoms with E-state index in [1.54, 1.807) is 0 Å². The first-order chi connectivity index (χ1) is 8.20. The Morgan fingerprint density at radius 3 is 3.06 bits per heavy atom. The molecule has 2 rings (SSSR count). The van der Waals surface area contributed by atoms with Gasteiger partial charge in [0.1, 0.15) is 0 Å². The van der Waals surface area contributed by atoms with Gasteiger partial charge in [0, 0.05) is 17.5 Å². The van der Waals surface area contributed by atoms with Gasteiger partial charge in [0.25, 0.3) is 0 Å². The number of nitrogens with zero attached hydrogens (tertiary/aromatic N) is 2. The largest absolute Gasteiger partial charge is 0.339 e. The lowest BCUT2D eigenvalue weighted by Crippen LogP contribution is -2.31. The zero-order valence-electron chi connectivity index (χ0n) is 10.5. The molecule has 2 unspecified atom stereocenters. The van der Waals surface area contributed by atoms with Crippen molar-refractivity contribution in [3.63, 3.8) is 0 Å². The molecule has 17 heavy (non-hydrogen) atoms. The Balaban J connectivity index is 1.97. The molecule has 0 radical (unpaired) electrons. The van der Waals surface area contributed by atoms with Gasteiger partial charge in [0.15, 0.2) is 5.82 Å². The maximum atomic E-state index is 5.39. The van der Waals surface area contributed by atoms with Crippen LogP contribution in [0.25, 0.3) is 0 Å². The van der Waals surface area contributed by atoms with E-state index in [0.29, 0.717) is 17.2 Å². The van der Waals surface area contributed by atoms with Gasteiger partial charge in [-0.1, -0.05) is 19.0 Å². The number of likely N-dealkylation sites (N-methyl/N-ethyl adjacent to an activating group) is 1. The van der Waals surface area contributed by atoms with Crippen molar-refractivity contribution < 1.29 is 4.52 Å². The molecular weight excluding hydrogens is 254 g/mol. The molecule has 0 saturated carbocycles. The molecule has 1 aliphatic heterocycles. The highest BCUT2D eigenvalue weighted by atomic mass is 32.2. The summed E-state index contributed by atoms with van der Waals surface area (Å²) < 4.78 is 5.39. The van der Waals surface area contributed by atoms with E-state index in [4.69, 9.17) is 4.52 Å². The minimum atomic E-state index is 0.371. The summed E-state index contributed by atoms with van der Waals surface area (Å²) in [5, 5.41) is 7.98. The average molecular weight is 273 g/mol. The fourth-order valence-corrected chi connectivity index (χ4v) is 3.82. The predicted molar refractivity (Wildman–Crippen MR) is 73.6 cm³/mol. The molecule has 1 N–H and O–H groups in total. The van der Waals surface area contributed by atoms with Gasteiger partial charge >= 0.3 is 0 Å². The minimum Gasteiger partial charge on any atom is -0.339 e. The lowest BCUT2D eigenvalue weighted by atomic mass is 10.0. The van der Waals surface area contributed by atoms with Gasteiger partial charge in [0.2, 0.25) is 5.89 Å². The highest BCUT2D eigenvalue weighted by Crippen LogP contribution is 2.32. The Hall–Kier alpha value is -0.200. The number of thioether (sulfide) groups is 2. The lowest BCUT2D eigenvalue weighted by molar-refractivity contribution is 0.341. The molecule has 1 saturated heterocycles. The highest BCUT2D eigenvalue weighted by Gasteiger charge is 2.32. The van der Waals surface area contributed by atoms with Crippen LogP contribution in [0.1, 0.15) is 31.5 Å². The molecule has 6 heteroatoms. The molecular formula is C11H19N3OS2. The molecule has 1 aliphatic rings. The summed E-state index contributed by atoms with van der Waals surface area (Å²) in [6, 6.07) is 0.464. The molecule has 0 aliphatic carbocycles. The molecule has 2 atom stereocenters. The maximum Gasteiger partial charge on any atom is 0.232 e. The van der Waals surface area contributed by atoms with Gasteiger partial charge in [-0.15, -0.1) is 0 Å². The van der Waals surface area contributed by atoms with Crippen LogP contribution in [0.15, 0.2) is 4.52 Å². The third-order valence-corrected chi connectivity index (χ3v) is 5.08. The first-order valence-electron chi connectivity index (χ1n) is 5.89. The molecule has 2 heterocycles. The van der Waals surface area contributed by atoms with Crippen LogP contribution in [0.4, 0.5) is 0 Å². The Labute approximate surface area is 111 Å². The average Bonchev–Trinajstić information content (AvgIpc) is 2.94. The van der Waals surface area contributed by atoms with Crippen LogP contribution in [0.3, 0.4) is 0 Å². The standard InChI is InChI=1S/C11H19N3OS2/c1-7(2)17-6-10-13-11(15-14-10)8-4-16-5-9(8)12-3/h7-9,12H,4-6H2,1-3H3. The zero-order valence-corrected chi connectivity index (χ0v) is 12.1. The van der Waals surface area contributed by atoms with E-state index in [-0.39, 0.29) is 0 Å². The quantitative estimate of drug-likeness (QED) is 0.887. The summed E-state index contributed by atoms with van der Waals surface area (Å²) in [5.74, 6) is 5.03. The van der Waals surface area contributed by atoms with Gasteiger partial charge in [-0.25, -0.2) is 0 Å². The predicted octanol–water partition coefficient (Wildman–Crippen LogP) is 2.13. The fraction of sp³-hybridized carbons (Fsp3) is 0.818. The van der Waals surface area contributed by atoms with Crippen molar-refractivity contribution in [2.24, 2.45) is 0 Å². The van der Waals surface area contributed by atoms with Gasteiger partial charge in [-0.2, -0.15) is 28.5 Å². The number of rotatable bonds is 5. The molecule has 1 fully saturated rings. The highest BCUT2D eigenvalue weighted by molar-refractivity contribution is 7.99. The number of hydrogen-bond donors (Lipinski definition) is 1. The summed E-state index contributed by atoms with van der Waals surface area (Å²) >= 11 is 3.78. The van der Waals surface area contributed by atoms with E-state index >= 15 is 0 Å². The molecule has 0 spiro atoms. The summed E-state index contributed by atoms with van der Waals surface area (Å²) in [4.78, 5) is 4.51. The topological polar surface area (TPSA) is 51.0 Å². The van der Waals surface area contributed by atoms with Crippen LogP contribution in [-0.2, 0) is 5.75 Å². The fourth-order valence-electron chi connectivity index (χ4n) is 1.80. The maximum absolute atomic E-state index is 5.39. The second-order valence-electron chi connectivity index (χ2n) is 4.45. The third kappa shape index (κ3) is 3.39. The monoisotopic (exact) mass is 273 g/mol. The first-order valence-corrected chi connectivity index (χ1v) is 8.10. The summed E-state index contributed by atoms with van der Waals surface area (Å²) in [5.41, 5.74) is 0. The second kappa shape index (κ2) is 6.11. The molecule has 1 aromatic rings. The summed E-state index contributed by atoms with van der Waals surface area (Å²) in [6.07, 6.45) is 0. The van der Waals surface area contributed by atoms with Crippen LogP contribution >= 0.6 is 23.5 Å². The van der Waals surface area contributed by atoms with Gasteiger partial charge < -0.3 is 9.84 Å². The van der Waals surface area contributed by atoms with Gasteiger partial charge in [0.05, 0.1) is 11.7 Å². The van der Waals surface area contributed by atoms with Crippen LogP contribution in [-0.4, -0.2) is 40.0 Å². The second-order valence-corrected chi connectivity index (χ2v) is 7.09. The van der Waals surface area contributed by atoms with Gasteiger partial charge in [-0.3, -0.25) is 0 Å². The normalized spacial score (nSPS) is 24.7. The van der Waals surface area contributed by atoms with Gasteiger partial charge in [-0.05, 0) is 12.3 Å². The molecule has 1 aromatic heterocycles. The minimum absolute atomic E-state index is 0.371. The van der Waals surface area contributed by atoms with E-state index in [9.17, 15) is 0 Å². The number of nitrogens with one attached hydrogen (secondary N) is 1. The van der Waals surface area contributed by atoms with Crippen molar-refractivity contribution in [3.8, 4) is 0 Å². The van der Waals surface area contributed by atoms with Crippen LogP contribution in [0, 0.1) is 0 Å². The summed E-state index contributed by atoms with van der Waals surface area (Å²) in [6.45, 7) is 4.35. The smallest absolute Gasteiger partial charge is 0.232 e. The Morgan fingerprint density at radius 2 is 2.35 bits per heavy atom. The van der Waals surface area contributed by atoms with Crippen molar-refractivity contribution in [2.75, 3.05) is 18.6 Å². The third-order valence-electron chi connectivity index (χ3n) is 2.80. The van der Waals surface area contributed by atoms with E-state index in [1.807, 2.05) is 30.6 Å². The Bertz CT molecular complexity index is 356. The van der Waals surface area contributed by atoms with Crippen LogP contribution in [0.2, 0.25) is 0 Å². The van der Waals surface area contributed by atoms with Crippen LogP contribution in [0.5, 0.6) is 0 Å². The van der Waals surface area contributed by atoms with E-state index < -0.39 is 0 Å². The van der Waals surface area contributed by atoms with Crippen molar-refractivity contribution in [1.29, 1.82) is 0 Å². The van der Waals surface area contributed by atoms with Crippen molar-refractivity contribution in [3.05, 3.63) is 11.7 Å². The first kappa shape index (κ1) is 13.2. The molecule has 96 valence electrons. The van der Waals surface area contributed by atoms with Crippen molar-refractivity contribution in [2.45, 2.75) is 36.8 Å². The Kier molecular flexibility index (Phi) is 4.76. The number of hydrogen-bond acceptors (Lipinski definition) is 6. The summed E-state index contributed by atoms with van der Waals surface area (Å²) in [7, 11) is 2.00. The molecule has 0 amide bonds. The van der Waals surface area contributed by atoms with E-state index in [1.165, 1.54) is 0 Å².